The summed E-state index contributed by atoms with van der Waals surface area (Å²) in [7, 11) is 0. The maximum Gasteiger partial charge on any atom is 0.230 e. The van der Waals surface area contributed by atoms with Crippen LogP contribution in [-0.2, 0) is 11.3 Å². The van der Waals surface area contributed by atoms with Crippen LogP contribution < -0.4 is 0 Å². The number of nitrogens with zero attached hydrogens (tertiary/aromatic N) is 2. The molecule has 0 aromatic heterocycles. The molecule has 3 aliphatic rings. The molecule has 1 amide bonds. The number of piperidine rings is 1. The van der Waals surface area contributed by atoms with Gasteiger partial charge in [0.1, 0.15) is 0 Å². The van der Waals surface area contributed by atoms with Crippen LogP contribution in [0.15, 0.2) is 18.2 Å². The van der Waals surface area contributed by atoms with Crippen LogP contribution in [0.2, 0.25) is 0 Å². The van der Waals surface area contributed by atoms with E-state index in [1.807, 2.05) is 11.8 Å². The van der Waals surface area contributed by atoms with Crippen molar-refractivity contribution in [2.45, 2.75) is 44.7 Å². The van der Waals surface area contributed by atoms with E-state index in [4.69, 9.17) is 0 Å². The number of amides is 1. The minimum Gasteiger partial charge on any atom is -0.338 e. The lowest BCUT2D eigenvalue weighted by atomic mass is 9.78. The fourth-order valence-corrected chi connectivity index (χ4v) is 5.91. The molecule has 1 spiro atoms. The first kappa shape index (κ1) is 18.2. The maximum absolute atomic E-state index is 14.0. The Kier molecular flexibility index (Phi) is 5.24. The largest absolute Gasteiger partial charge is 0.338 e. The van der Waals surface area contributed by atoms with Gasteiger partial charge in [-0.25, -0.2) is 8.78 Å². The molecule has 6 heteroatoms. The van der Waals surface area contributed by atoms with Crippen LogP contribution in [0.25, 0.3) is 0 Å². The van der Waals surface area contributed by atoms with Gasteiger partial charge in [0, 0.05) is 31.2 Å². The summed E-state index contributed by atoms with van der Waals surface area (Å²) in [5.41, 5.74) is -0.0401. The Morgan fingerprint density at radius 2 is 1.96 bits per heavy atom. The van der Waals surface area contributed by atoms with E-state index in [9.17, 15) is 13.6 Å². The van der Waals surface area contributed by atoms with Gasteiger partial charge >= 0.3 is 0 Å². The first-order valence-electron chi connectivity index (χ1n) is 9.63. The third kappa shape index (κ3) is 3.38. The lowest BCUT2D eigenvalue weighted by molar-refractivity contribution is -0.146. The maximum atomic E-state index is 14.0. The number of rotatable bonds is 3. The van der Waals surface area contributed by atoms with Crippen LogP contribution in [0.4, 0.5) is 8.78 Å². The summed E-state index contributed by atoms with van der Waals surface area (Å²) in [6, 6.07) is 4.82. The van der Waals surface area contributed by atoms with Crippen LogP contribution in [0.5, 0.6) is 0 Å². The van der Waals surface area contributed by atoms with Crippen molar-refractivity contribution >= 4 is 17.7 Å². The first-order valence-corrected chi connectivity index (χ1v) is 10.8. The Morgan fingerprint density at radius 1 is 1.15 bits per heavy atom. The smallest absolute Gasteiger partial charge is 0.230 e. The van der Waals surface area contributed by atoms with E-state index in [2.05, 4.69) is 4.90 Å². The van der Waals surface area contributed by atoms with E-state index < -0.39 is 11.6 Å². The van der Waals surface area contributed by atoms with Gasteiger partial charge in [0.05, 0.1) is 5.41 Å². The molecule has 3 aliphatic heterocycles. The SMILES string of the molecule is O=C1N(Cc2cccc(F)c2F)CCCC12CCN(C1CCSCC1)C2. The number of benzene rings is 1. The zero-order chi connectivity index (χ0) is 18.1. The quantitative estimate of drug-likeness (QED) is 0.799. The van der Waals surface area contributed by atoms with Gasteiger partial charge in [0.2, 0.25) is 5.91 Å². The highest BCUT2D eigenvalue weighted by atomic mass is 32.2. The average molecular weight is 381 g/mol. The Balaban J connectivity index is 1.47. The number of hydrogen-bond acceptors (Lipinski definition) is 3. The van der Waals surface area contributed by atoms with Crippen molar-refractivity contribution < 1.29 is 13.6 Å². The van der Waals surface area contributed by atoms with Crippen molar-refractivity contribution in [3.05, 3.63) is 35.4 Å². The Hall–Kier alpha value is -1.14. The first-order chi connectivity index (χ1) is 12.6. The molecule has 0 saturated carbocycles. The van der Waals surface area contributed by atoms with E-state index in [0.29, 0.717) is 12.6 Å². The van der Waals surface area contributed by atoms with Gasteiger partial charge in [0.15, 0.2) is 11.6 Å². The monoisotopic (exact) mass is 380 g/mol. The Labute approximate surface area is 158 Å². The fraction of sp³-hybridized carbons (Fsp3) is 0.650. The summed E-state index contributed by atoms with van der Waals surface area (Å²) >= 11 is 2.02. The highest BCUT2D eigenvalue weighted by Gasteiger charge is 2.49. The molecular formula is C20H26F2N2OS. The minimum atomic E-state index is -0.844. The second kappa shape index (κ2) is 7.47. The van der Waals surface area contributed by atoms with Crippen molar-refractivity contribution in [1.29, 1.82) is 0 Å². The van der Waals surface area contributed by atoms with Crippen LogP contribution in [0.1, 0.15) is 37.7 Å². The number of carbonyl (C=O) groups is 1. The summed E-state index contributed by atoms with van der Waals surface area (Å²) in [5.74, 6) is 0.900. The molecule has 0 N–H and O–H groups in total. The minimum absolute atomic E-state index is 0.139. The highest BCUT2D eigenvalue weighted by molar-refractivity contribution is 7.99. The fourth-order valence-electron chi connectivity index (χ4n) is 4.82. The molecule has 0 bridgehead atoms. The van der Waals surface area contributed by atoms with Crippen LogP contribution in [0.3, 0.4) is 0 Å². The molecule has 3 heterocycles. The van der Waals surface area contributed by atoms with E-state index in [-0.39, 0.29) is 23.4 Å². The van der Waals surface area contributed by atoms with Gasteiger partial charge in [-0.1, -0.05) is 12.1 Å². The second-order valence-electron chi connectivity index (χ2n) is 7.89. The molecule has 1 unspecified atom stereocenters. The number of likely N-dealkylation sites (tertiary alicyclic amines) is 2. The second-order valence-corrected chi connectivity index (χ2v) is 9.11. The lowest BCUT2D eigenvalue weighted by Gasteiger charge is -2.40. The van der Waals surface area contributed by atoms with Gasteiger partial charge in [-0.3, -0.25) is 9.69 Å². The summed E-state index contributed by atoms with van der Waals surface area (Å²) in [6.45, 7) is 2.63. The highest BCUT2D eigenvalue weighted by Crippen LogP contribution is 2.42. The zero-order valence-electron chi connectivity index (χ0n) is 15.1. The van der Waals surface area contributed by atoms with Gasteiger partial charge < -0.3 is 4.90 Å². The molecule has 3 fully saturated rings. The molecule has 1 aromatic carbocycles. The molecule has 0 radical (unpaired) electrons. The molecule has 1 aromatic rings. The number of carbonyl (C=O) groups excluding carboxylic acids is 1. The number of hydrogen-bond donors (Lipinski definition) is 0. The predicted molar refractivity (Wildman–Crippen MR) is 100.0 cm³/mol. The third-order valence-corrected chi connectivity index (χ3v) is 7.36. The standard InChI is InChI=1S/C20H26F2N2OS/c21-17-4-1-3-15(18(17)22)13-23-9-2-7-20(19(23)25)8-10-24(14-20)16-5-11-26-12-6-16/h1,3-4,16H,2,5-14H2. The molecule has 3 saturated heterocycles. The Bertz CT molecular complexity index is 680. The van der Waals surface area contributed by atoms with E-state index in [1.54, 1.807) is 11.0 Å². The molecular weight excluding hydrogens is 354 g/mol. The Morgan fingerprint density at radius 3 is 2.77 bits per heavy atom. The number of halogens is 2. The summed E-state index contributed by atoms with van der Waals surface area (Å²) in [4.78, 5) is 17.5. The van der Waals surface area contributed by atoms with Gasteiger partial charge in [0.25, 0.3) is 0 Å². The molecule has 26 heavy (non-hydrogen) atoms. The molecule has 1 atom stereocenters. The average Bonchev–Trinajstić information content (AvgIpc) is 3.09. The molecule has 142 valence electrons. The van der Waals surface area contributed by atoms with Crippen LogP contribution in [-0.4, -0.2) is 52.9 Å². The van der Waals surface area contributed by atoms with E-state index >= 15 is 0 Å². The van der Waals surface area contributed by atoms with Crippen molar-refractivity contribution in [2.24, 2.45) is 5.41 Å². The van der Waals surface area contributed by atoms with Crippen LogP contribution >= 0.6 is 11.8 Å². The third-order valence-electron chi connectivity index (χ3n) is 6.31. The van der Waals surface area contributed by atoms with Crippen molar-refractivity contribution in [3.63, 3.8) is 0 Å². The normalized spacial score (nSPS) is 28.2. The zero-order valence-corrected chi connectivity index (χ0v) is 15.9. The summed E-state index contributed by atoms with van der Waals surface area (Å²) in [5, 5.41) is 0. The van der Waals surface area contributed by atoms with Gasteiger partial charge in [-0.15, -0.1) is 0 Å². The van der Waals surface area contributed by atoms with Crippen molar-refractivity contribution in [1.82, 2.24) is 9.80 Å². The van der Waals surface area contributed by atoms with Gasteiger partial charge in [-0.05, 0) is 56.2 Å². The van der Waals surface area contributed by atoms with E-state index in [1.165, 1.54) is 30.4 Å². The van der Waals surface area contributed by atoms with Gasteiger partial charge in [-0.2, -0.15) is 11.8 Å². The molecule has 4 rings (SSSR count). The topological polar surface area (TPSA) is 23.6 Å². The van der Waals surface area contributed by atoms with Crippen molar-refractivity contribution in [3.8, 4) is 0 Å². The predicted octanol–water partition coefficient (Wildman–Crippen LogP) is 3.67. The van der Waals surface area contributed by atoms with Crippen LogP contribution in [0, 0.1) is 17.0 Å². The van der Waals surface area contributed by atoms with Crippen molar-refractivity contribution in [2.75, 3.05) is 31.1 Å². The molecule has 0 aliphatic carbocycles. The van der Waals surface area contributed by atoms with E-state index in [0.717, 1.165) is 38.4 Å². The number of thioether (sulfide) groups is 1. The summed E-state index contributed by atoms with van der Waals surface area (Å²) < 4.78 is 27.5. The summed E-state index contributed by atoms with van der Waals surface area (Å²) in [6.07, 6.45) is 5.20. The lowest BCUT2D eigenvalue weighted by Crippen LogP contribution is -2.50. The molecule has 3 nitrogen and oxygen atoms in total.